The Labute approximate surface area is 152 Å². The molecule has 0 fully saturated rings. The minimum absolute atomic E-state index is 0.446. The second-order valence-corrected chi connectivity index (χ2v) is 5.30. The predicted molar refractivity (Wildman–Crippen MR) is 103 cm³/mol. The molecular weight excluding hydrogens is 338 g/mol. The lowest BCUT2D eigenvalue weighted by molar-refractivity contribution is 0.216. The largest absolute Gasteiger partial charge is 0.497 e. The number of hydrogen-bond acceptors (Lipinski definition) is 5. The number of hydrazone groups is 1. The average Bonchev–Trinajstić information content (AvgIpc) is 2.66. The van der Waals surface area contributed by atoms with Crippen molar-refractivity contribution in [2.75, 3.05) is 27.4 Å². The molecule has 25 heavy (non-hydrogen) atoms. The molecule has 0 aliphatic heterocycles. The third-order valence-corrected chi connectivity index (χ3v) is 3.44. The van der Waals surface area contributed by atoms with Gasteiger partial charge in [-0.25, -0.2) is 0 Å². The van der Waals surface area contributed by atoms with Gasteiger partial charge in [-0.2, -0.15) is 5.10 Å². The molecule has 0 saturated carbocycles. The van der Waals surface area contributed by atoms with Crippen LogP contribution in [0.5, 0.6) is 17.2 Å². The van der Waals surface area contributed by atoms with Crippen LogP contribution in [-0.2, 0) is 0 Å². The maximum absolute atomic E-state index is 5.65. The highest BCUT2D eigenvalue weighted by molar-refractivity contribution is 7.80. The van der Waals surface area contributed by atoms with E-state index in [1.807, 2.05) is 48.5 Å². The van der Waals surface area contributed by atoms with E-state index in [2.05, 4.69) is 15.8 Å². The number of ether oxygens (including phenoxy) is 3. The highest BCUT2D eigenvalue weighted by atomic mass is 32.1. The zero-order valence-corrected chi connectivity index (χ0v) is 15.0. The molecule has 0 amide bonds. The Bertz CT molecular complexity index is 705. The molecule has 7 heteroatoms. The van der Waals surface area contributed by atoms with Crippen LogP contribution in [0.15, 0.2) is 53.6 Å². The van der Waals surface area contributed by atoms with Gasteiger partial charge in [0.1, 0.15) is 30.5 Å². The van der Waals surface area contributed by atoms with Crippen molar-refractivity contribution in [1.82, 2.24) is 10.7 Å². The summed E-state index contributed by atoms with van der Waals surface area (Å²) in [5.41, 5.74) is 3.63. The minimum atomic E-state index is 0.446. The summed E-state index contributed by atoms with van der Waals surface area (Å²) in [5, 5.41) is 7.26. The van der Waals surface area contributed by atoms with Gasteiger partial charge in [-0.1, -0.05) is 6.07 Å². The summed E-state index contributed by atoms with van der Waals surface area (Å²) in [6.07, 6.45) is 1.68. The highest BCUT2D eigenvalue weighted by Crippen LogP contribution is 2.18. The minimum Gasteiger partial charge on any atom is -0.497 e. The molecule has 0 atom stereocenters. The quantitative estimate of drug-likeness (QED) is 0.327. The van der Waals surface area contributed by atoms with E-state index in [0.29, 0.717) is 18.3 Å². The number of benzene rings is 2. The van der Waals surface area contributed by atoms with E-state index < -0.39 is 0 Å². The van der Waals surface area contributed by atoms with Gasteiger partial charge in [-0.15, -0.1) is 0 Å². The van der Waals surface area contributed by atoms with Crippen molar-refractivity contribution in [3.63, 3.8) is 0 Å². The van der Waals surface area contributed by atoms with Crippen molar-refractivity contribution >= 4 is 23.5 Å². The molecule has 0 aromatic heterocycles. The zero-order valence-electron chi connectivity index (χ0n) is 14.2. The Morgan fingerprint density at radius 2 is 1.72 bits per heavy atom. The lowest BCUT2D eigenvalue weighted by Gasteiger charge is -2.09. The zero-order chi connectivity index (χ0) is 17.9. The van der Waals surface area contributed by atoms with Gasteiger partial charge >= 0.3 is 0 Å². The molecule has 0 unspecified atom stereocenters. The lowest BCUT2D eigenvalue weighted by atomic mass is 10.2. The van der Waals surface area contributed by atoms with Gasteiger partial charge in [0.15, 0.2) is 5.11 Å². The summed E-state index contributed by atoms with van der Waals surface area (Å²) in [4.78, 5) is 0. The molecule has 2 rings (SSSR count). The van der Waals surface area contributed by atoms with Gasteiger partial charge in [0.05, 0.1) is 13.3 Å². The number of hydrogen-bond donors (Lipinski definition) is 2. The monoisotopic (exact) mass is 359 g/mol. The second kappa shape index (κ2) is 10.1. The van der Waals surface area contributed by atoms with Crippen LogP contribution in [0.25, 0.3) is 0 Å². The van der Waals surface area contributed by atoms with Crippen LogP contribution < -0.4 is 25.0 Å². The van der Waals surface area contributed by atoms with Crippen LogP contribution in [0.4, 0.5) is 0 Å². The molecule has 2 N–H and O–H groups in total. The molecule has 0 radical (unpaired) electrons. The number of thiocarbonyl (C=S) groups is 1. The third-order valence-electron chi connectivity index (χ3n) is 3.15. The number of rotatable bonds is 8. The van der Waals surface area contributed by atoms with E-state index in [-0.39, 0.29) is 0 Å². The van der Waals surface area contributed by atoms with Gasteiger partial charge in [-0.3, -0.25) is 5.43 Å². The topological polar surface area (TPSA) is 64.1 Å². The molecule has 2 aromatic carbocycles. The lowest BCUT2D eigenvalue weighted by Crippen LogP contribution is -2.28. The summed E-state index contributed by atoms with van der Waals surface area (Å²) < 4.78 is 16.4. The van der Waals surface area contributed by atoms with Crippen molar-refractivity contribution in [3.8, 4) is 17.2 Å². The fourth-order valence-electron chi connectivity index (χ4n) is 1.88. The van der Waals surface area contributed by atoms with Crippen LogP contribution in [0.2, 0.25) is 0 Å². The maximum atomic E-state index is 5.65. The van der Waals surface area contributed by atoms with E-state index in [9.17, 15) is 0 Å². The molecule has 6 nitrogen and oxygen atoms in total. The number of nitrogens with zero attached hydrogens (tertiary/aromatic N) is 1. The first kappa shape index (κ1) is 18.5. The van der Waals surface area contributed by atoms with Crippen molar-refractivity contribution < 1.29 is 14.2 Å². The van der Waals surface area contributed by atoms with Crippen LogP contribution in [0, 0.1) is 0 Å². The van der Waals surface area contributed by atoms with Gasteiger partial charge in [0.25, 0.3) is 0 Å². The van der Waals surface area contributed by atoms with Gasteiger partial charge in [0, 0.05) is 13.1 Å². The summed E-state index contributed by atoms with van der Waals surface area (Å²) in [5.74, 6) is 2.28. The van der Waals surface area contributed by atoms with Crippen LogP contribution in [-0.4, -0.2) is 38.7 Å². The first-order valence-electron chi connectivity index (χ1n) is 7.72. The van der Waals surface area contributed by atoms with Crippen molar-refractivity contribution in [3.05, 3.63) is 54.1 Å². The average molecular weight is 359 g/mol. The first-order chi connectivity index (χ1) is 12.2. The molecule has 2 aromatic rings. The Morgan fingerprint density at radius 1 is 1.04 bits per heavy atom. The van der Waals surface area contributed by atoms with Crippen LogP contribution in [0.3, 0.4) is 0 Å². The molecular formula is C18H21N3O3S. The van der Waals surface area contributed by atoms with E-state index in [4.69, 9.17) is 26.4 Å². The molecule has 132 valence electrons. The Kier molecular flexibility index (Phi) is 7.52. The fourth-order valence-corrected chi connectivity index (χ4v) is 1.93. The molecule has 0 saturated heterocycles. The second-order valence-electron chi connectivity index (χ2n) is 4.89. The van der Waals surface area contributed by atoms with E-state index >= 15 is 0 Å². The summed E-state index contributed by atoms with van der Waals surface area (Å²) >= 11 is 4.93. The summed E-state index contributed by atoms with van der Waals surface area (Å²) in [6, 6.07) is 15.0. The van der Waals surface area contributed by atoms with Gasteiger partial charge in [-0.05, 0) is 54.2 Å². The van der Waals surface area contributed by atoms with Crippen LogP contribution >= 0.6 is 12.2 Å². The third kappa shape index (κ3) is 6.68. The SMILES string of the molecule is CNC(=S)N/N=C\c1ccc(OCCOc2cccc(OC)c2)cc1. The highest BCUT2D eigenvalue weighted by Gasteiger charge is 1.98. The maximum Gasteiger partial charge on any atom is 0.186 e. The van der Waals surface area contributed by atoms with Crippen molar-refractivity contribution in [1.29, 1.82) is 0 Å². The van der Waals surface area contributed by atoms with Gasteiger partial charge in [0.2, 0.25) is 0 Å². The predicted octanol–water partition coefficient (Wildman–Crippen LogP) is 2.58. The molecule has 0 spiro atoms. The van der Waals surface area contributed by atoms with E-state index in [1.54, 1.807) is 20.4 Å². The summed E-state index contributed by atoms with van der Waals surface area (Å²) in [7, 11) is 3.36. The standard InChI is InChI=1S/C18H21N3O3S/c1-19-18(25)21-20-13-14-6-8-15(9-7-14)23-10-11-24-17-5-3-4-16(12-17)22-2/h3-9,12-13H,10-11H2,1-2H3,(H2,19,21,25)/b20-13-. The molecule has 0 aliphatic carbocycles. The van der Waals surface area contributed by atoms with Crippen LogP contribution in [0.1, 0.15) is 5.56 Å². The summed E-state index contributed by atoms with van der Waals surface area (Å²) in [6.45, 7) is 0.893. The van der Waals surface area contributed by atoms with Crippen molar-refractivity contribution in [2.24, 2.45) is 5.10 Å². The van der Waals surface area contributed by atoms with E-state index in [0.717, 1.165) is 22.8 Å². The van der Waals surface area contributed by atoms with Crippen molar-refractivity contribution in [2.45, 2.75) is 0 Å². The smallest absolute Gasteiger partial charge is 0.186 e. The fraction of sp³-hybridized carbons (Fsp3) is 0.222. The first-order valence-corrected chi connectivity index (χ1v) is 8.12. The van der Waals surface area contributed by atoms with Gasteiger partial charge < -0.3 is 19.5 Å². The van der Waals surface area contributed by atoms with E-state index in [1.165, 1.54) is 0 Å². The number of methoxy groups -OCH3 is 1. The Hall–Kier alpha value is -2.80. The number of nitrogens with one attached hydrogen (secondary N) is 2. The Morgan fingerprint density at radius 3 is 2.40 bits per heavy atom. The molecule has 0 aliphatic rings. The Balaban J connectivity index is 1.73. The normalized spacial score (nSPS) is 10.3. The molecule has 0 bridgehead atoms. The molecule has 0 heterocycles.